The SMILES string of the molecule is CCOc1ccccc1Nc1nnc(SCC(=O)NCCC#N)s1. The first-order chi connectivity index (χ1) is 11.7. The van der Waals surface area contributed by atoms with Gasteiger partial charge in [-0.15, -0.1) is 10.2 Å². The molecule has 24 heavy (non-hydrogen) atoms. The van der Waals surface area contributed by atoms with Crippen LogP contribution in [0.15, 0.2) is 28.6 Å². The number of hydrogen-bond acceptors (Lipinski definition) is 8. The van der Waals surface area contributed by atoms with Crippen LogP contribution in [0.3, 0.4) is 0 Å². The van der Waals surface area contributed by atoms with E-state index in [1.807, 2.05) is 37.3 Å². The summed E-state index contributed by atoms with van der Waals surface area (Å²) < 4.78 is 6.25. The number of carbonyl (C=O) groups is 1. The Kier molecular flexibility index (Phi) is 7.32. The summed E-state index contributed by atoms with van der Waals surface area (Å²) in [6.07, 6.45) is 0.308. The van der Waals surface area contributed by atoms with Gasteiger partial charge in [0.25, 0.3) is 0 Å². The van der Waals surface area contributed by atoms with Crippen LogP contribution in [-0.4, -0.2) is 35.0 Å². The van der Waals surface area contributed by atoms with Crippen molar-refractivity contribution in [3.05, 3.63) is 24.3 Å². The summed E-state index contributed by atoms with van der Waals surface area (Å²) in [4.78, 5) is 11.6. The second-order valence-corrected chi connectivity index (χ2v) is 6.67. The lowest BCUT2D eigenvalue weighted by Crippen LogP contribution is -2.25. The zero-order valence-corrected chi connectivity index (χ0v) is 14.7. The molecule has 0 saturated heterocycles. The number of thioether (sulfide) groups is 1. The van der Waals surface area contributed by atoms with Gasteiger partial charge in [-0.05, 0) is 19.1 Å². The molecule has 0 atom stereocenters. The Morgan fingerprint density at radius 1 is 1.42 bits per heavy atom. The highest BCUT2D eigenvalue weighted by Gasteiger charge is 2.10. The molecule has 0 saturated carbocycles. The highest BCUT2D eigenvalue weighted by atomic mass is 32.2. The molecule has 0 aliphatic carbocycles. The molecule has 1 heterocycles. The summed E-state index contributed by atoms with van der Waals surface area (Å²) in [6.45, 7) is 2.88. The van der Waals surface area contributed by atoms with Crippen LogP contribution in [0.4, 0.5) is 10.8 Å². The molecule has 0 unspecified atom stereocenters. The van der Waals surface area contributed by atoms with Gasteiger partial charge in [-0.25, -0.2) is 0 Å². The van der Waals surface area contributed by atoms with Crippen LogP contribution < -0.4 is 15.4 Å². The van der Waals surface area contributed by atoms with Gasteiger partial charge in [-0.3, -0.25) is 4.79 Å². The molecule has 1 aromatic carbocycles. The lowest BCUT2D eigenvalue weighted by molar-refractivity contribution is -0.118. The van der Waals surface area contributed by atoms with E-state index in [0.29, 0.717) is 29.0 Å². The number of nitrogens with one attached hydrogen (secondary N) is 2. The third-order valence-corrected chi connectivity index (χ3v) is 4.69. The first-order valence-electron chi connectivity index (χ1n) is 7.31. The smallest absolute Gasteiger partial charge is 0.230 e. The van der Waals surface area contributed by atoms with E-state index in [9.17, 15) is 4.79 Å². The highest BCUT2D eigenvalue weighted by Crippen LogP contribution is 2.31. The molecule has 1 amide bonds. The van der Waals surface area contributed by atoms with Crippen molar-refractivity contribution in [1.82, 2.24) is 15.5 Å². The van der Waals surface area contributed by atoms with Crippen molar-refractivity contribution in [2.45, 2.75) is 17.7 Å². The molecule has 2 N–H and O–H groups in total. The standard InChI is InChI=1S/C15H17N5O2S2/c1-2-22-12-7-4-3-6-11(12)18-14-19-20-15(24-14)23-10-13(21)17-9-5-8-16/h3-4,6-7H,2,5,9-10H2,1H3,(H,17,21)(H,18,19). The number of amides is 1. The second-order valence-electron chi connectivity index (χ2n) is 4.47. The Hall–Kier alpha value is -2.31. The van der Waals surface area contributed by atoms with E-state index in [1.165, 1.54) is 23.1 Å². The molecule has 7 nitrogen and oxygen atoms in total. The fourth-order valence-electron chi connectivity index (χ4n) is 1.72. The maximum absolute atomic E-state index is 11.6. The quantitative estimate of drug-likeness (QED) is 0.522. The van der Waals surface area contributed by atoms with Crippen molar-refractivity contribution in [2.24, 2.45) is 0 Å². The number of ether oxygens (including phenoxy) is 1. The predicted molar refractivity (Wildman–Crippen MR) is 94.8 cm³/mol. The first-order valence-corrected chi connectivity index (χ1v) is 9.12. The molecule has 2 rings (SSSR count). The highest BCUT2D eigenvalue weighted by molar-refractivity contribution is 8.01. The summed E-state index contributed by atoms with van der Waals surface area (Å²) in [5.41, 5.74) is 0.821. The van der Waals surface area contributed by atoms with Crippen molar-refractivity contribution in [2.75, 3.05) is 24.2 Å². The summed E-state index contributed by atoms with van der Waals surface area (Å²) in [5.74, 6) is 0.873. The Morgan fingerprint density at radius 2 is 2.25 bits per heavy atom. The normalized spacial score (nSPS) is 10.0. The number of hydrogen-bond donors (Lipinski definition) is 2. The zero-order chi connectivity index (χ0) is 17.2. The number of rotatable bonds is 9. The number of anilines is 2. The van der Waals surface area contributed by atoms with E-state index >= 15 is 0 Å². The topological polar surface area (TPSA) is 99.9 Å². The van der Waals surface area contributed by atoms with Gasteiger partial charge in [0.05, 0.1) is 30.5 Å². The fraction of sp³-hybridized carbons (Fsp3) is 0.333. The zero-order valence-electron chi connectivity index (χ0n) is 13.1. The number of nitriles is 1. The molecular weight excluding hydrogens is 346 g/mol. The van der Waals surface area contributed by atoms with Crippen LogP contribution in [0.5, 0.6) is 5.75 Å². The van der Waals surface area contributed by atoms with Crippen molar-refractivity contribution >= 4 is 39.8 Å². The number of aromatic nitrogens is 2. The van der Waals surface area contributed by atoms with Crippen LogP contribution in [-0.2, 0) is 4.79 Å². The minimum atomic E-state index is -0.123. The Bertz CT molecular complexity index is 714. The van der Waals surface area contributed by atoms with Gasteiger partial charge in [-0.1, -0.05) is 35.2 Å². The molecule has 0 radical (unpaired) electrons. The van der Waals surface area contributed by atoms with Gasteiger partial charge in [-0.2, -0.15) is 5.26 Å². The molecule has 0 spiro atoms. The van der Waals surface area contributed by atoms with Crippen molar-refractivity contribution in [3.63, 3.8) is 0 Å². The minimum absolute atomic E-state index is 0.123. The largest absolute Gasteiger partial charge is 0.492 e. The fourth-order valence-corrected chi connectivity index (χ4v) is 3.32. The molecular formula is C15H17N5O2S2. The van der Waals surface area contributed by atoms with Gasteiger partial charge in [0.2, 0.25) is 11.0 Å². The maximum Gasteiger partial charge on any atom is 0.230 e. The van der Waals surface area contributed by atoms with Gasteiger partial charge in [0, 0.05) is 6.54 Å². The van der Waals surface area contributed by atoms with E-state index < -0.39 is 0 Å². The summed E-state index contributed by atoms with van der Waals surface area (Å²) in [6, 6.07) is 9.58. The lowest BCUT2D eigenvalue weighted by Gasteiger charge is -2.09. The van der Waals surface area contributed by atoms with Crippen LogP contribution in [0.1, 0.15) is 13.3 Å². The van der Waals surface area contributed by atoms with Crippen molar-refractivity contribution in [1.29, 1.82) is 5.26 Å². The molecule has 1 aromatic heterocycles. The van der Waals surface area contributed by atoms with E-state index in [-0.39, 0.29) is 11.7 Å². The van der Waals surface area contributed by atoms with Crippen LogP contribution in [0.2, 0.25) is 0 Å². The Balaban J connectivity index is 1.87. The van der Waals surface area contributed by atoms with Gasteiger partial charge < -0.3 is 15.4 Å². The van der Waals surface area contributed by atoms with Gasteiger partial charge in [0.1, 0.15) is 5.75 Å². The number of benzene rings is 1. The van der Waals surface area contributed by atoms with E-state index in [4.69, 9.17) is 10.00 Å². The number of carbonyl (C=O) groups excluding carboxylic acids is 1. The number of nitrogens with zero attached hydrogens (tertiary/aromatic N) is 3. The van der Waals surface area contributed by atoms with Crippen molar-refractivity contribution < 1.29 is 9.53 Å². The minimum Gasteiger partial charge on any atom is -0.492 e. The lowest BCUT2D eigenvalue weighted by atomic mass is 10.3. The van der Waals surface area contributed by atoms with Crippen LogP contribution in [0, 0.1) is 11.3 Å². The Labute approximate surface area is 148 Å². The number of para-hydroxylation sites is 2. The molecule has 0 fully saturated rings. The van der Waals surface area contributed by atoms with Crippen molar-refractivity contribution in [3.8, 4) is 11.8 Å². The molecule has 2 aromatic rings. The summed E-state index contributed by atoms with van der Waals surface area (Å²) in [7, 11) is 0. The van der Waals surface area contributed by atoms with Crippen LogP contribution >= 0.6 is 23.1 Å². The Morgan fingerprint density at radius 3 is 3.04 bits per heavy atom. The van der Waals surface area contributed by atoms with Crippen LogP contribution in [0.25, 0.3) is 0 Å². The third kappa shape index (κ3) is 5.72. The average molecular weight is 363 g/mol. The molecule has 126 valence electrons. The molecule has 0 bridgehead atoms. The third-order valence-electron chi connectivity index (χ3n) is 2.72. The van der Waals surface area contributed by atoms with E-state index in [0.717, 1.165) is 11.4 Å². The summed E-state index contributed by atoms with van der Waals surface area (Å²) >= 11 is 2.68. The maximum atomic E-state index is 11.6. The molecule has 9 heteroatoms. The monoisotopic (exact) mass is 363 g/mol. The van der Waals surface area contributed by atoms with Gasteiger partial charge in [0.15, 0.2) is 4.34 Å². The summed E-state index contributed by atoms with van der Waals surface area (Å²) in [5, 5.41) is 23.0. The second kappa shape index (κ2) is 9.75. The predicted octanol–water partition coefficient (Wildman–Crippen LogP) is 2.80. The van der Waals surface area contributed by atoms with E-state index in [1.54, 1.807) is 0 Å². The van der Waals surface area contributed by atoms with Gasteiger partial charge >= 0.3 is 0 Å². The molecule has 0 aliphatic rings. The molecule has 0 aliphatic heterocycles. The average Bonchev–Trinajstić information content (AvgIpc) is 3.03. The first kappa shape index (κ1) is 18.0. The van der Waals surface area contributed by atoms with E-state index in [2.05, 4.69) is 20.8 Å².